The third kappa shape index (κ3) is 2.56. The number of amides is 1. The van der Waals surface area contributed by atoms with Gasteiger partial charge in [-0.15, -0.1) is 0 Å². The maximum Gasteiger partial charge on any atom is 0.256 e. The summed E-state index contributed by atoms with van der Waals surface area (Å²) in [6.07, 6.45) is 0. The van der Waals surface area contributed by atoms with E-state index in [-0.39, 0.29) is 11.7 Å². The molecule has 0 spiro atoms. The second kappa shape index (κ2) is 5.00. The molecule has 0 unspecified atom stereocenters. The Morgan fingerprint density at radius 2 is 1.83 bits per heavy atom. The number of anilines is 1. The maximum atomic E-state index is 13.3. The lowest BCUT2D eigenvalue weighted by Crippen LogP contribution is -2.13. The van der Waals surface area contributed by atoms with Crippen molar-refractivity contribution in [2.45, 2.75) is 6.92 Å². The molecule has 0 heterocycles. The fourth-order valence-corrected chi connectivity index (χ4v) is 1.64. The zero-order valence-electron chi connectivity index (χ0n) is 10.0. The molecule has 0 fully saturated rings. The summed E-state index contributed by atoms with van der Waals surface area (Å²) in [6.45, 7) is 5.35. The third-order valence-corrected chi connectivity index (χ3v) is 2.72. The van der Waals surface area contributed by atoms with Crippen molar-refractivity contribution in [3.05, 3.63) is 71.9 Å². The summed E-state index contributed by atoms with van der Waals surface area (Å²) in [6, 6.07) is 11.6. The topological polar surface area (TPSA) is 29.1 Å². The number of hydrogen-bond acceptors (Lipinski definition) is 1. The van der Waals surface area contributed by atoms with Crippen LogP contribution in [0.25, 0.3) is 0 Å². The van der Waals surface area contributed by atoms with Crippen molar-refractivity contribution in [3.8, 4) is 0 Å². The van der Waals surface area contributed by atoms with Gasteiger partial charge in [0.1, 0.15) is 5.82 Å². The summed E-state index contributed by atoms with van der Waals surface area (Å²) < 4.78 is 13.3. The fourth-order valence-electron chi connectivity index (χ4n) is 1.64. The first-order valence-electron chi connectivity index (χ1n) is 5.56. The van der Waals surface area contributed by atoms with E-state index in [4.69, 9.17) is 0 Å². The molecule has 2 rings (SSSR count). The summed E-state index contributed by atoms with van der Waals surface area (Å²) >= 11 is 0. The number of carbonyl (C=O) groups is 1. The Hall–Kier alpha value is -2.16. The van der Waals surface area contributed by atoms with Crippen LogP contribution in [-0.4, -0.2) is 5.91 Å². The molecule has 0 saturated heterocycles. The van der Waals surface area contributed by atoms with Gasteiger partial charge in [0.2, 0.25) is 0 Å². The van der Waals surface area contributed by atoms with Crippen LogP contribution in [0.4, 0.5) is 10.1 Å². The molecule has 91 valence electrons. The molecule has 0 aromatic heterocycles. The molecule has 18 heavy (non-hydrogen) atoms. The van der Waals surface area contributed by atoms with Gasteiger partial charge >= 0.3 is 0 Å². The highest BCUT2D eigenvalue weighted by molar-refractivity contribution is 6.05. The molecule has 0 aliphatic carbocycles. The smallest absolute Gasteiger partial charge is 0.256 e. The Balaban J connectivity index is 2.22. The molecular formula is C15H13FNO. The van der Waals surface area contributed by atoms with Crippen molar-refractivity contribution < 1.29 is 9.18 Å². The van der Waals surface area contributed by atoms with Gasteiger partial charge in [-0.1, -0.05) is 18.2 Å². The van der Waals surface area contributed by atoms with Crippen LogP contribution in [0, 0.1) is 19.7 Å². The van der Waals surface area contributed by atoms with Crippen molar-refractivity contribution in [1.82, 2.24) is 0 Å². The van der Waals surface area contributed by atoms with Crippen LogP contribution in [0.5, 0.6) is 0 Å². The van der Waals surface area contributed by atoms with E-state index < -0.39 is 0 Å². The van der Waals surface area contributed by atoms with Gasteiger partial charge in [-0.2, -0.15) is 0 Å². The van der Waals surface area contributed by atoms with Gasteiger partial charge in [0.15, 0.2) is 0 Å². The van der Waals surface area contributed by atoms with Crippen molar-refractivity contribution in [2.24, 2.45) is 0 Å². The maximum absolute atomic E-state index is 13.3. The summed E-state index contributed by atoms with van der Waals surface area (Å²) in [5.74, 6) is -0.695. The average Bonchev–Trinajstić information content (AvgIpc) is 2.35. The molecule has 0 saturated carbocycles. The van der Waals surface area contributed by atoms with Gasteiger partial charge in [-0.25, -0.2) is 4.39 Å². The molecule has 2 nitrogen and oxygen atoms in total. The van der Waals surface area contributed by atoms with E-state index in [0.29, 0.717) is 16.8 Å². The van der Waals surface area contributed by atoms with E-state index in [0.717, 1.165) is 5.56 Å². The van der Waals surface area contributed by atoms with Crippen LogP contribution in [0.3, 0.4) is 0 Å². The molecule has 0 aliphatic rings. The molecule has 0 atom stereocenters. The van der Waals surface area contributed by atoms with Crippen LogP contribution >= 0.6 is 0 Å². The van der Waals surface area contributed by atoms with Gasteiger partial charge < -0.3 is 5.32 Å². The standard InChI is InChI=1S/C15H13FNO/c1-10-6-8-12(9-7-10)17-15(18)13-4-3-5-14(16)11(13)2/h3-9H,1H2,2H3,(H,17,18). The quantitative estimate of drug-likeness (QED) is 0.857. The molecule has 0 aliphatic heterocycles. The second-order valence-corrected chi connectivity index (χ2v) is 4.06. The van der Waals surface area contributed by atoms with Crippen molar-refractivity contribution in [2.75, 3.05) is 5.32 Å². The van der Waals surface area contributed by atoms with Gasteiger partial charge in [0.05, 0.1) is 0 Å². The highest BCUT2D eigenvalue weighted by Crippen LogP contribution is 2.15. The van der Waals surface area contributed by atoms with Crippen LogP contribution in [0.1, 0.15) is 21.5 Å². The number of benzene rings is 2. The normalized spacial score (nSPS) is 10.2. The zero-order chi connectivity index (χ0) is 13.1. The molecule has 1 amide bonds. The van der Waals surface area contributed by atoms with Gasteiger partial charge in [-0.05, 0) is 49.2 Å². The Bertz CT molecular complexity index is 576. The summed E-state index contributed by atoms with van der Waals surface area (Å²) in [5.41, 5.74) is 2.23. The van der Waals surface area contributed by atoms with Crippen molar-refractivity contribution in [1.29, 1.82) is 0 Å². The Labute approximate surface area is 105 Å². The van der Waals surface area contributed by atoms with Gasteiger partial charge in [0, 0.05) is 11.3 Å². The van der Waals surface area contributed by atoms with Crippen LogP contribution < -0.4 is 5.32 Å². The summed E-state index contributed by atoms with van der Waals surface area (Å²) in [7, 11) is 0. The SMILES string of the molecule is [CH2]c1ccc(NC(=O)c2cccc(F)c2C)cc1. The van der Waals surface area contributed by atoms with Gasteiger partial charge in [0.25, 0.3) is 5.91 Å². The van der Waals surface area contributed by atoms with E-state index >= 15 is 0 Å². The Kier molecular flexibility index (Phi) is 3.42. The monoisotopic (exact) mass is 242 g/mol. The lowest BCUT2D eigenvalue weighted by Gasteiger charge is -2.08. The Morgan fingerprint density at radius 1 is 1.17 bits per heavy atom. The van der Waals surface area contributed by atoms with Crippen molar-refractivity contribution in [3.63, 3.8) is 0 Å². The van der Waals surface area contributed by atoms with Crippen LogP contribution in [0.2, 0.25) is 0 Å². The van der Waals surface area contributed by atoms with E-state index in [1.165, 1.54) is 12.1 Å². The minimum atomic E-state index is -0.379. The molecule has 0 bridgehead atoms. The molecule has 2 aromatic rings. The molecule has 1 radical (unpaired) electrons. The predicted molar refractivity (Wildman–Crippen MR) is 70.0 cm³/mol. The highest BCUT2D eigenvalue weighted by atomic mass is 19.1. The summed E-state index contributed by atoms with van der Waals surface area (Å²) in [4.78, 5) is 12.0. The zero-order valence-corrected chi connectivity index (χ0v) is 10.0. The summed E-state index contributed by atoms with van der Waals surface area (Å²) in [5, 5.41) is 2.72. The number of rotatable bonds is 2. The minimum absolute atomic E-state index is 0.316. The van der Waals surface area contributed by atoms with E-state index in [9.17, 15) is 9.18 Å². The first kappa shape index (κ1) is 12.3. The highest BCUT2D eigenvalue weighted by Gasteiger charge is 2.11. The van der Waals surface area contributed by atoms with E-state index in [1.807, 2.05) is 0 Å². The first-order chi connectivity index (χ1) is 8.58. The number of nitrogens with one attached hydrogen (secondary N) is 1. The Morgan fingerprint density at radius 3 is 2.50 bits per heavy atom. The second-order valence-electron chi connectivity index (χ2n) is 4.06. The fraction of sp³-hybridized carbons (Fsp3) is 0.0667. The van der Waals surface area contributed by atoms with Crippen LogP contribution in [-0.2, 0) is 0 Å². The predicted octanol–water partition coefficient (Wildman–Crippen LogP) is 3.57. The van der Waals surface area contributed by atoms with Gasteiger partial charge in [-0.3, -0.25) is 4.79 Å². The molecular weight excluding hydrogens is 229 g/mol. The lowest BCUT2D eigenvalue weighted by molar-refractivity contribution is 0.102. The average molecular weight is 242 g/mol. The van der Waals surface area contributed by atoms with Crippen molar-refractivity contribution >= 4 is 11.6 Å². The largest absolute Gasteiger partial charge is 0.322 e. The lowest BCUT2D eigenvalue weighted by atomic mass is 10.1. The number of hydrogen-bond donors (Lipinski definition) is 1. The minimum Gasteiger partial charge on any atom is -0.322 e. The first-order valence-corrected chi connectivity index (χ1v) is 5.56. The van der Waals surface area contributed by atoms with E-state index in [2.05, 4.69) is 12.2 Å². The number of carbonyl (C=O) groups excluding carboxylic acids is 1. The van der Waals surface area contributed by atoms with Crippen LogP contribution in [0.15, 0.2) is 42.5 Å². The number of halogens is 1. The molecule has 3 heteroatoms. The third-order valence-electron chi connectivity index (χ3n) is 2.72. The molecule has 1 N–H and O–H groups in total. The van der Waals surface area contributed by atoms with E-state index in [1.54, 1.807) is 37.3 Å². The molecule has 2 aromatic carbocycles.